The number of carbonyl (C=O) groups is 1. The van der Waals surface area contributed by atoms with Gasteiger partial charge in [-0.05, 0) is 18.6 Å². The number of rotatable bonds is 3. The van der Waals surface area contributed by atoms with E-state index >= 15 is 0 Å². The second-order valence-corrected chi connectivity index (χ2v) is 7.19. The predicted molar refractivity (Wildman–Crippen MR) is 73.0 cm³/mol. The fourth-order valence-electron chi connectivity index (χ4n) is 2.35. The van der Waals surface area contributed by atoms with Crippen molar-refractivity contribution in [1.82, 2.24) is 4.31 Å². The number of carboxylic acid groups (broad SMARTS) is 1. The van der Waals surface area contributed by atoms with E-state index in [1.54, 1.807) is 0 Å². The quantitative estimate of drug-likeness (QED) is 0.691. The molecular weight excluding hydrogens is 296 g/mol. The van der Waals surface area contributed by atoms with Crippen LogP contribution in [0.2, 0.25) is 0 Å². The molecule has 2 rings (SSSR count). The van der Waals surface area contributed by atoms with Crippen LogP contribution < -0.4 is 10.0 Å². The zero-order valence-corrected chi connectivity index (χ0v) is 12.7. The van der Waals surface area contributed by atoms with Gasteiger partial charge in [-0.15, -0.1) is 0 Å². The molecular formula is C13H18N2O5S. The maximum absolute atomic E-state index is 12.6. The third kappa shape index (κ3) is 3.02. The highest BCUT2D eigenvalue weighted by atomic mass is 32.2. The average molecular weight is 314 g/mol. The van der Waals surface area contributed by atoms with Crippen LogP contribution >= 0.6 is 0 Å². The minimum atomic E-state index is -3.77. The first-order valence-corrected chi connectivity index (χ1v) is 8.04. The molecule has 0 aliphatic carbocycles. The zero-order valence-electron chi connectivity index (χ0n) is 11.9. The van der Waals surface area contributed by atoms with Crippen molar-refractivity contribution in [3.63, 3.8) is 0 Å². The SMILES string of the molecule is Cc1cc([O-])c(C(=O)O)cc1S(=O)(=O)N1CC[NH+](C)CC1. The van der Waals surface area contributed by atoms with E-state index in [0.29, 0.717) is 26.2 Å². The molecule has 1 heterocycles. The van der Waals surface area contributed by atoms with E-state index in [9.17, 15) is 18.3 Å². The van der Waals surface area contributed by atoms with E-state index in [4.69, 9.17) is 5.11 Å². The molecule has 0 aromatic heterocycles. The van der Waals surface area contributed by atoms with E-state index in [2.05, 4.69) is 0 Å². The Bertz CT molecular complexity index is 663. The number of hydrogen-bond acceptors (Lipinski definition) is 4. The molecule has 0 unspecified atom stereocenters. The van der Waals surface area contributed by atoms with E-state index < -0.39 is 27.3 Å². The molecule has 0 radical (unpaired) electrons. The van der Waals surface area contributed by atoms with Crippen molar-refractivity contribution in [2.24, 2.45) is 0 Å². The van der Waals surface area contributed by atoms with Gasteiger partial charge in [0.15, 0.2) is 0 Å². The lowest BCUT2D eigenvalue weighted by Gasteiger charge is -2.30. The Morgan fingerprint density at radius 2 is 1.90 bits per heavy atom. The van der Waals surface area contributed by atoms with Crippen LogP contribution in [-0.4, -0.2) is 57.0 Å². The van der Waals surface area contributed by atoms with Gasteiger partial charge in [0.25, 0.3) is 0 Å². The number of quaternary nitrogens is 1. The average Bonchev–Trinajstić information content (AvgIpc) is 2.38. The molecule has 0 saturated carbocycles. The van der Waals surface area contributed by atoms with E-state index in [-0.39, 0.29) is 10.5 Å². The molecule has 1 aliphatic rings. The first-order valence-electron chi connectivity index (χ1n) is 6.60. The molecule has 0 atom stereocenters. The molecule has 1 fully saturated rings. The van der Waals surface area contributed by atoms with Crippen molar-refractivity contribution in [1.29, 1.82) is 0 Å². The third-order valence-electron chi connectivity index (χ3n) is 3.70. The number of piperazine rings is 1. The highest BCUT2D eigenvalue weighted by molar-refractivity contribution is 7.89. The fraction of sp³-hybridized carbons (Fsp3) is 0.462. The summed E-state index contributed by atoms with van der Waals surface area (Å²) in [4.78, 5) is 12.2. The van der Waals surface area contributed by atoms with Gasteiger partial charge < -0.3 is 15.1 Å². The summed E-state index contributed by atoms with van der Waals surface area (Å²) in [6, 6.07) is 2.04. The first-order chi connectivity index (χ1) is 9.73. The highest BCUT2D eigenvalue weighted by Crippen LogP contribution is 2.26. The predicted octanol–water partition coefficient (Wildman–Crippen LogP) is -1.71. The number of sulfonamides is 1. The lowest BCUT2D eigenvalue weighted by Crippen LogP contribution is -3.12. The van der Waals surface area contributed by atoms with Gasteiger partial charge >= 0.3 is 5.97 Å². The number of hydrogen-bond donors (Lipinski definition) is 2. The summed E-state index contributed by atoms with van der Waals surface area (Å²) in [5, 5.41) is 20.6. The molecule has 21 heavy (non-hydrogen) atoms. The standard InChI is InChI=1S/C13H18N2O5S/c1-9-7-11(16)10(13(17)18)8-12(9)21(19,20)15-5-3-14(2)4-6-15/h7-8,16H,3-6H2,1-2H3,(H,17,18). The van der Waals surface area contributed by atoms with Crippen LogP contribution in [0.5, 0.6) is 5.75 Å². The van der Waals surface area contributed by atoms with Crippen molar-refractivity contribution in [3.05, 3.63) is 23.3 Å². The third-order valence-corrected chi connectivity index (χ3v) is 5.74. The molecule has 116 valence electrons. The van der Waals surface area contributed by atoms with Crippen LogP contribution in [0.15, 0.2) is 17.0 Å². The van der Waals surface area contributed by atoms with Gasteiger partial charge in [-0.25, -0.2) is 13.2 Å². The topological polar surface area (TPSA) is 102 Å². The molecule has 1 aromatic carbocycles. The second kappa shape index (κ2) is 5.63. The molecule has 7 nitrogen and oxygen atoms in total. The Morgan fingerprint density at radius 1 is 1.33 bits per heavy atom. The first kappa shape index (κ1) is 15.7. The maximum Gasteiger partial charge on any atom is 0.335 e. The van der Waals surface area contributed by atoms with Gasteiger partial charge in [-0.2, -0.15) is 4.31 Å². The van der Waals surface area contributed by atoms with Crippen molar-refractivity contribution in [2.45, 2.75) is 11.8 Å². The second-order valence-electron chi connectivity index (χ2n) is 5.28. The van der Waals surface area contributed by atoms with Gasteiger partial charge in [0.05, 0.1) is 43.7 Å². The minimum Gasteiger partial charge on any atom is -0.872 e. The Kier molecular flexibility index (Phi) is 4.22. The van der Waals surface area contributed by atoms with Gasteiger partial charge in [0, 0.05) is 0 Å². The van der Waals surface area contributed by atoms with Crippen molar-refractivity contribution < 1.29 is 28.3 Å². The maximum atomic E-state index is 12.6. The van der Waals surface area contributed by atoms with E-state index in [1.807, 2.05) is 7.05 Å². The summed E-state index contributed by atoms with van der Waals surface area (Å²) in [5.74, 6) is -2.10. The fourth-order valence-corrected chi connectivity index (χ4v) is 4.03. The van der Waals surface area contributed by atoms with Crippen molar-refractivity contribution in [3.8, 4) is 5.75 Å². The van der Waals surface area contributed by atoms with Crippen LogP contribution in [-0.2, 0) is 10.0 Å². The Balaban J connectivity index is 2.45. The molecule has 0 amide bonds. The van der Waals surface area contributed by atoms with Crippen LogP contribution in [0.4, 0.5) is 0 Å². The Hall–Kier alpha value is -1.64. The van der Waals surface area contributed by atoms with Crippen molar-refractivity contribution in [2.75, 3.05) is 33.2 Å². The number of likely N-dealkylation sites (N-methyl/N-ethyl adjacent to an activating group) is 1. The van der Waals surface area contributed by atoms with Crippen LogP contribution in [0, 0.1) is 6.92 Å². The largest absolute Gasteiger partial charge is 0.872 e. The summed E-state index contributed by atoms with van der Waals surface area (Å²) >= 11 is 0. The summed E-state index contributed by atoms with van der Waals surface area (Å²) in [6.07, 6.45) is 0. The number of nitrogens with zero attached hydrogens (tertiary/aromatic N) is 1. The van der Waals surface area contributed by atoms with Crippen LogP contribution in [0.3, 0.4) is 0 Å². The summed E-state index contributed by atoms with van der Waals surface area (Å²) in [7, 11) is -1.78. The number of aromatic carboxylic acids is 1. The summed E-state index contributed by atoms with van der Waals surface area (Å²) in [6.45, 7) is 3.67. The van der Waals surface area contributed by atoms with Gasteiger partial charge in [-0.3, -0.25) is 0 Å². The van der Waals surface area contributed by atoms with E-state index in [1.165, 1.54) is 16.1 Å². The number of aryl methyl sites for hydroxylation is 1. The number of carboxylic acids is 1. The Morgan fingerprint density at radius 3 is 2.43 bits per heavy atom. The van der Waals surface area contributed by atoms with Gasteiger partial charge in [0.2, 0.25) is 10.0 Å². The smallest absolute Gasteiger partial charge is 0.335 e. The molecule has 1 aromatic rings. The van der Waals surface area contributed by atoms with Crippen LogP contribution in [0.25, 0.3) is 0 Å². The van der Waals surface area contributed by atoms with Gasteiger partial charge in [-0.1, -0.05) is 11.8 Å². The minimum absolute atomic E-state index is 0.0981. The summed E-state index contributed by atoms with van der Waals surface area (Å²) < 4.78 is 26.6. The highest BCUT2D eigenvalue weighted by Gasteiger charge is 2.30. The number of nitrogens with one attached hydrogen (secondary N) is 1. The lowest BCUT2D eigenvalue weighted by molar-refractivity contribution is -0.883. The molecule has 1 saturated heterocycles. The Labute approximate surface area is 123 Å². The van der Waals surface area contributed by atoms with Crippen molar-refractivity contribution >= 4 is 16.0 Å². The normalized spacial score (nSPS) is 17.8. The lowest BCUT2D eigenvalue weighted by atomic mass is 10.1. The molecule has 8 heteroatoms. The number of benzene rings is 1. The molecule has 2 N–H and O–H groups in total. The zero-order chi connectivity index (χ0) is 15.8. The summed E-state index contributed by atoms with van der Waals surface area (Å²) in [5.41, 5.74) is -0.241. The molecule has 0 bridgehead atoms. The van der Waals surface area contributed by atoms with Crippen LogP contribution in [0.1, 0.15) is 15.9 Å². The van der Waals surface area contributed by atoms with Gasteiger partial charge in [0.1, 0.15) is 0 Å². The molecule has 0 spiro atoms. The monoisotopic (exact) mass is 314 g/mol. The molecule has 1 aliphatic heterocycles. The van der Waals surface area contributed by atoms with E-state index in [0.717, 1.165) is 12.1 Å².